The Morgan fingerprint density at radius 2 is 1.70 bits per heavy atom. The van der Waals surface area contributed by atoms with Crippen molar-refractivity contribution in [2.45, 2.75) is 13.1 Å². The zero-order chi connectivity index (χ0) is 23.9. The number of alkyl halides is 3. The molecule has 3 N–H and O–H groups in total. The highest BCUT2D eigenvalue weighted by molar-refractivity contribution is 7.64. The van der Waals surface area contributed by atoms with E-state index >= 15 is 0 Å². The second kappa shape index (κ2) is 8.21. The molecular formula is C23H16F3N3O3S. The van der Waals surface area contributed by atoms with Gasteiger partial charge in [-0.05, 0) is 29.7 Å². The molecule has 0 atom stereocenters. The maximum absolute atomic E-state index is 14.4. The number of aromatic nitrogens is 2. The number of aryl methyl sites for hydroxylation is 1. The fraction of sp³-hybridized carbons (Fsp3) is 0.0870. The number of rotatable bonds is 3. The minimum atomic E-state index is -4.90. The highest BCUT2D eigenvalue weighted by Gasteiger charge is 2.37. The summed E-state index contributed by atoms with van der Waals surface area (Å²) >= 11 is 0. The number of halogens is 3. The molecule has 168 valence electrons. The van der Waals surface area contributed by atoms with Crippen LogP contribution in [0.25, 0.3) is 33.2 Å². The van der Waals surface area contributed by atoms with Crippen molar-refractivity contribution in [1.82, 2.24) is 10.2 Å². The van der Waals surface area contributed by atoms with E-state index in [1.54, 1.807) is 37.3 Å². The summed E-state index contributed by atoms with van der Waals surface area (Å²) in [5.41, 5.74) is 5.37. The fourth-order valence-corrected chi connectivity index (χ4v) is 4.34. The van der Waals surface area contributed by atoms with Gasteiger partial charge in [-0.2, -0.15) is 26.7 Å². The molecule has 0 bridgehead atoms. The Bertz CT molecular complexity index is 1580. The molecule has 33 heavy (non-hydrogen) atoms. The number of aromatic amines is 1. The number of hydrogen-bond donors (Lipinski definition) is 2. The normalized spacial score (nSPS) is 11.5. The standard InChI is InChI=1S/C23H16F3N3O3S/c1-12-11-14(7-8-15(12)21(27)30)16-9-10-17-18(19(16)23(24,25)26)22(33(31)32)29-28-20(17)13-5-3-2-4-6-13/h2-11,29H,1H3,(H2,27,30). The summed E-state index contributed by atoms with van der Waals surface area (Å²) in [5, 5.41) is 5.83. The van der Waals surface area contributed by atoms with Crippen molar-refractivity contribution in [3.05, 3.63) is 82.0 Å². The first-order valence-corrected chi connectivity index (χ1v) is 10.7. The van der Waals surface area contributed by atoms with Crippen LogP contribution in [0.15, 0.2) is 60.7 Å². The number of primary amides is 1. The van der Waals surface area contributed by atoms with E-state index in [2.05, 4.69) is 10.2 Å². The van der Waals surface area contributed by atoms with Gasteiger partial charge in [0.25, 0.3) is 0 Å². The molecule has 0 radical (unpaired) electrons. The minimum absolute atomic E-state index is 0.0284. The van der Waals surface area contributed by atoms with Gasteiger partial charge in [0.05, 0.1) is 11.3 Å². The molecule has 0 aliphatic heterocycles. The Morgan fingerprint density at radius 1 is 1.00 bits per heavy atom. The average molecular weight is 471 g/mol. The molecule has 10 heteroatoms. The molecular weight excluding hydrogens is 455 g/mol. The smallest absolute Gasteiger partial charge is 0.366 e. The van der Waals surface area contributed by atoms with E-state index in [0.29, 0.717) is 11.1 Å². The first kappa shape index (κ1) is 22.3. The number of amides is 1. The Morgan fingerprint density at radius 3 is 2.27 bits per heavy atom. The zero-order valence-electron chi connectivity index (χ0n) is 17.1. The van der Waals surface area contributed by atoms with Crippen LogP contribution in [0.5, 0.6) is 0 Å². The summed E-state index contributed by atoms with van der Waals surface area (Å²) in [5.74, 6) is -0.703. The Labute approximate surface area is 187 Å². The van der Waals surface area contributed by atoms with Crippen molar-refractivity contribution < 1.29 is 26.4 Å². The summed E-state index contributed by atoms with van der Waals surface area (Å²) in [7, 11) is -3.02. The molecule has 0 unspecified atom stereocenters. The first-order valence-electron chi connectivity index (χ1n) is 9.60. The van der Waals surface area contributed by atoms with Crippen molar-refractivity contribution in [2.75, 3.05) is 0 Å². The van der Waals surface area contributed by atoms with Gasteiger partial charge in [0, 0.05) is 21.9 Å². The third-order valence-electron chi connectivity index (χ3n) is 5.26. The van der Waals surface area contributed by atoms with E-state index in [1.807, 2.05) is 0 Å². The van der Waals surface area contributed by atoms with Gasteiger partial charge in [-0.15, -0.1) is 0 Å². The third-order valence-corrected chi connectivity index (χ3v) is 5.89. The number of carbonyl (C=O) groups is 1. The molecule has 1 heterocycles. The third kappa shape index (κ3) is 4.00. The zero-order valence-corrected chi connectivity index (χ0v) is 17.9. The molecule has 0 aliphatic rings. The van der Waals surface area contributed by atoms with E-state index in [4.69, 9.17) is 5.73 Å². The summed E-state index contributed by atoms with van der Waals surface area (Å²) in [6.45, 7) is 1.56. The molecule has 0 saturated heterocycles. The SMILES string of the molecule is Cc1cc(-c2ccc3c(-c4ccccc4)n[nH]c(=S(=O)=O)c3c2C(F)(F)F)ccc1C(N)=O. The van der Waals surface area contributed by atoms with Crippen molar-refractivity contribution in [1.29, 1.82) is 0 Å². The number of H-pyrrole nitrogens is 1. The lowest BCUT2D eigenvalue weighted by Crippen LogP contribution is -2.13. The average Bonchev–Trinajstić information content (AvgIpc) is 2.76. The number of nitrogens with two attached hydrogens (primary N) is 1. The van der Waals surface area contributed by atoms with Gasteiger partial charge >= 0.3 is 6.18 Å². The van der Waals surface area contributed by atoms with Crippen LogP contribution in [-0.4, -0.2) is 24.5 Å². The lowest BCUT2D eigenvalue weighted by molar-refractivity contribution is -0.135. The Kier molecular flexibility index (Phi) is 5.54. The number of fused-ring (bicyclic) bond motifs is 1. The highest BCUT2D eigenvalue weighted by atomic mass is 32.2. The summed E-state index contributed by atoms with van der Waals surface area (Å²) < 4.78 is 66.4. The van der Waals surface area contributed by atoms with Crippen LogP contribution in [-0.2, 0) is 16.5 Å². The molecule has 4 aromatic rings. The molecule has 4 rings (SSSR count). The molecule has 6 nitrogen and oxygen atoms in total. The predicted molar refractivity (Wildman–Crippen MR) is 117 cm³/mol. The summed E-state index contributed by atoms with van der Waals surface area (Å²) in [6, 6.07) is 15.3. The molecule has 1 amide bonds. The van der Waals surface area contributed by atoms with Crippen LogP contribution >= 0.6 is 0 Å². The van der Waals surface area contributed by atoms with E-state index < -0.39 is 38.0 Å². The largest absolute Gasteiger partial charge is 0.417 e. The Hall–Kier alpha value is -3.92. The number of benzene rings is 3. The van der Waals surface area contributed by atoms with Crippen molar-refractivity contribution in [2.24, 2.45) is 5.73 Å². The van der Waals surface area contributed by atoms with E-state index in [1.165, 1.54) is 30.3 Å². The van der Waals surface area contributed by atoms with E-state index in [0.717, 1.165) is 0 Å². The van der Waals surface area contributed by atoms with Crippen LogP contribution in [0, 0.1) is 11.6 Å². The molecule has 0 saturated carbocycles. The van der Waals surface area contributed by atoms with Gasteiger partial charge in [0.1, 0.15) is 0 Å². The molecule has 1 aromatic heterocycles. The second-order valence-electron chi connectivity index (χ2n) is 7.30. The number of hydrogen-bond acceptors (Lipinski definition) is 4. The topological polar surface area (TPSA) is 106 Å². The Balaban J connectivity index is 2.18. The van der Waals surface area contributed by atoms with Crippen molar-refractivity contribution in [3.63, 3.8) is 0 Å². The molecule has 0 fully saturated rings. The van der Waals surface area contributed by atoms with Crippen LogP contribution in [0.3, 0.4) is 0 Å². The maximum Gasteiger partial charge on any atom is 0.417 e. The van der Waals surface area contributed by atoms with Crippen LogP contribution in [0.2, 0.25) is 0 Å². The van der Waals surface area contributed by atoms with E-state index in [-0.39, 0.29) is 27.8 Å². The molecule has 0 aliphatic carbocycles. The van der Waals surface area contributed by atoms with Gasteiger partial charge in [-0.1, -0.05) is 54.6 Å². The first-order chi connectivity index (χ1) is 15.6. The minimum Gasteiger partial charge on any atom is -0.366 e. The fourth-order valence-electron chi connectivity index (χ4n) is 3.84. The molecule has 3 aromatic carbocycles. The van der Waals surface area contributed by atoms with Crippen molar-refractivity contribution >= 4 is 27.0 Å². The highest BCUT2D eigenvalue weighted by Crippen LogP contribution is 2.43. The quantitative estimate of drug-likeness (QED) is 0.421. The lowest BCUT2D eigenvalue weighted by Gasteiger charge is -2.18. The lowest BCUT2D eigenvalue weighted by atomic mass is 9.91. The van der Waals surface area contributed by atoms with Gasteiger partial charge in [0.15, 0.2) is 4.64 Å². The number of nitrogens with one attached hydrogen (secondary N) is 1. The second-order valence-corrected chi connectivity index (χ2v) is 8.18. The van der Waals surface area contributed by atoms with Crippen LogP contribution in [0.4, 0.5) is 13.2 Å². The number of nitrogens with zero attached hydrogens (tertiary/aromatic N) is 1. The summed E-state index contributed by atoms with van der Waals surface area (Å²) in [4.78, 5) is 11.5. The molecule has 0 spiro atoms. The van der Waals surface area contributed by atoms with Crippen molar-refractivity contribution in [3.8, 4) is 22.4 Å². The van der Waals surface area contributed by atoms with E-state index in [9.17, 15) is 26.4 Å². The van der Waals surface area contributed by atoms with Crippen LogP contribution in [0.1, 0.15) is 21.5 Å². The summed E-state index contributed by atoms with van der Waals surface area (Å²) in [6.07, 6.45) is -4.90. The maximum atomic E-state index is 14.4. The van der Waals surface area contributed by atoms with Gasteiger partial charge in [-0.3, -0.25) is 9.89 Å². The monoisotopic (exact) mass is 471 g/mol. The van der Waals surface area contributed by atoms with Gasteiger partial charge in [0.2, 0.25) is 16.2 Å². The predicted octanol–water partition coefficient (Wildman–Crippen LogP) is 4.73. The van der Waals surface area contributed by atoms with Gasteiger partial charge < -0.3 is 5.73 Å². The van der Waals surface area contributed by atoms with Crippen LogP contribution < -0.4 is 5.73 Å². The number of carbonyl (C=O) groups excluding carboxylic acids is 1. The van der Waals surface area contributed by atoms with Gasteiger partial charge in [-0.25, -0.2) is 0 Å².